The van der Waals surface area contributed by atoms with E-state index in [1.807, 2.05) is 11.4 Å². The first-order valence-electron chi connectivity index (χ1n) is 9.21. The van der Waals surface area contributed by atoms with Gasteiger partial charge in [0, 0.05) is 22.2 Å². The molecule has 0 bridgehead atoms. The highest BCUT2D eigenvalue weighted by Crippen LogP contribution is 2.42. The fraction of sp³-hybridized carbons (Fsp3) is 0.350. The Kier molecular flexibility index (Phi) is 4.91. The summed E-state index contributed by atoms with van der Waals surface area (Å²) in [7, 11) is 3.02. The van der Waals surface area contributed by atoms with Crippen molar-refractivity contribution in [3.05, 3.63) is 40.1 Å². The van der Waals surface area contributed by atoms with Crippen LogP contribution in [0.2, 0.25) is 0 Å². The molecule has 2 heterocycles. The summed E-state index contributed by atoms with van der Waals surface area (Å²) in [5.74, 6) is 0.153. The van der Waals surface area contributed by atoms with Gasteiger partial charge in [-0.3, -0.25) is 14.5 Å². The molecular weight excluding hydrogens is 394 g/mol. The number of hydrogen-bond acceptors (Lipinski definition) is 6. The first-order valence-corrected chi connectivity index (χ1v) is 10.1. The summed E-state index contributed by atoms with van der Waals surface area (Å²) >= 11 is 1.59. The van der Waals surface area contributed by atoms with E-state index >= 15 is 0 Å². The van der Waals surface area contributed by atoms with Crippen LogP contribution >= 0.6 is 11.3 Å². The summed E-state index contributed by atoms with van der Waals surface area (Å²) in [5.41, 5.74) is 0.288. The molecule has 29 heavy (non-hydrogen) atoms. The summed E-state index contributed by atoms with van der Waals surface area (Å²) in [4.78, 5) is 40.3. The molecule has 1 aromatic carbocycles. The van der Waals surface area contributed by atoms with E-state index in [1.165, 1.54) is 14.2 Å². The summed E-state index contributed by atoms with van der Waals surface area (Å²) in [6, 6.07) is 6.28. The molecule has 152 valence electrons. The van der Waals surface area contributed by atoms with E-state index in [0.717, 1.165) is 28.2 Å². The van der Waals surface area contributed by atoms with Gasteiger partial charge >= 0.3 is 6.03 Å². The van der Waals surface area contributed by atoms with Crippen molar-refractivity contribution in [2.24, 2.45) is 0 Å². The number of carbonyl (C=O) groups is 3. The van der Waals surface area contributed by atoms with E-state index in [9.17, 15) is 14.4 Å². The molecule has 9 heteroatoms. The van der Waals surface area contributed by atoms with Crippen molar-refractivity contribution >= 4 is 34.9 Å². The highest BCUT2D eigenvalue weighted by Gasteiger charge is 2.54. The van der Waals surface area contributed by atoms with Crippen LogP contribution in [0, 0.1) is 0 Å². The van der Waals surface area contributed by atoms with Gasteiger partial charge in [0.2, 0.25) is 5.91 Å². The molecule has 2 aromatic rings. The van der Waals surface area contributed by atoms with Gasteiger partial charge in [-0.15, -0.1) is 11.3 Å². The number of hydrogen-bond donors (Lipinski definition) is 2. The maximum Gasteiger partial charge on any atom is 0.325 e. The predicted molar refractivity (Wildman–Crippen MR) is 107 cm³/mol. The zero-order valence-corrected chi connectivity index (χ0v) is 16.9. The maximum absolute atomic E-state index is 13.2. The number of fused-ring (bicyclic) bond motifs is 2. The molecular formula is C20H21N3O5S. The lowest BCUT2D eigenvalue weighted by Gasteiger charge is -2.31. The Labute approximate surface area is 171 Å². The molecule has 2 aliphatic rings. The van der Waals surface area contributed by atoms with Crippen LogP contribution in [0.1, 0.15) is 23.3 Å². The molecule has 1 spiro atoms. The minimum atomic E-state index is -1.05. The molecule has 1 aromatic heterocycles. The minimum absolute atomic E-state index is 0.361. The zero-order valence-electron chi connectivity index (χ0n) is 16.1. The second-order valence-electron chi connectivity index (χ2n) is 6.96. The van der Waals surface area contributed by atoms with E-state index in [4.69, 9.17) is 9.47 Å². The number of methoxy groups -OCH3 is 2. The molecule has 1 saturated heterocycles. The minimum Gasteiger partial charge on any atom is -0.493 e. The van der Waals surface area contributed by atoms with Gasteiger partial charge in [-0.05, 0) is 42.8 Å². The van der Waals surface area contributed by atoms with Gasteiger partial charge in [-0.25, -0.2) is 4.79 Å². The SMILES string of the molecule is COc1ccc(NC(=O)CN2C(=O)N[C@]3(CCCc4sccc43)C2=O)cc1OC. The second-order valence-corrected chi connectivity index (χ2v) is 7.96. The second kappa shape index (κ2) is 7.40. The van der Waals surface area contributed by atoms with Crippen LogP contribution in [0.3, 0.4) is 0 Å². The van der Waals surface area contributed by atoms with Crippen LogP contribution in [-0.2, 0) is 21.5 Å². The average molecular weight is 415 g/mol. The van der Waals surface area contributed by atoms with Gasteiger partial charge in [0.1, 0.15) is 12.1 Å². The van der Waals surface area contributed by atoms with E-state index in [1.54, 1.807) is 29.5 Å². The number of amides is 4. The number of benzene rings is 1. The number of anilines is 1. The summed E-state index contributed by atoms with van der Waals surface area (Å²) in [6.07, 6.45) is 2.25. The number of thiophene rings is 1. The summed E-state index contributed by atoms with van der Waals surface area (Å²) in [5, 5.41) is 7.47. The Balaban J connectivity index is 1.50. The standard InChI is InChI=1S/C20H21N3O5S/c1-27-14-6-5-12(10-15(14)28-2)21-17(24)11-23-18(25)20(22-19(23)26)8-3-4-16-13(20)7-9-29-16/h5-7,9-10H,3-4,8,11H2,1-2H3,(H,21,24)(H,22,26)/t20-/m0/s1. The van der Waals surface area contributed by atoms with Crippen LogP contribution in [-0.4, -0.2) is 43.5 Å². The van der Waals surface area contributed by atoms with Gasteiger partial charge < -0.3 is 20.1 Å². The lowest BCUT2D eigenvalue weighted by molar-refractivity contribution is -0.134. The normalized spacial score (nSPS) is 20.4. The number of aryl methyl sites for hydroxylation is 1. The van der Waals surface area contributed by atoms with Gasteiger partial charge in [0.15, 0.2) is 11.5 Å². The molecule has 8 nitrogen and oxygen atoms in total. The van der Waals surface area contributed by atoms with Crippen LogP contribution in [0.4, 0.5) is 10.5 Å². The van der Waals surface area contributed by atoms with Crippen molar-refractivity contribution in [3.8, 4) is 11.5 Å². The monoisotopic (exact) mass is 415 g/mol. The zero-order chi connectivity index (χ0) is 20.6. The molecule has 2 N–H and O–H groups in total. The first-order chi connectivity index (χ1) is 14.0. The molecule has 1 atom stereocenters. The van der Waals surface area contributed by atoms with Crippen molar-refractivity contribution in [3.63, 3.8) is 0 Å². The Morgan fingerprint density at radius 3 is 2.79 bits per heavy atom. The van der Waals surface area contributed by atoms with Crippen LogP contribution in [0.25, 0.3) is 0 Å². The van der Waals surface area contributed by atoms with Crippen molar-refractivity contribution in [2.75, 3.05) is 26.1 Å². The van der Waals surface area contributed by atoms with E-state index < -0.39 is 17.5 Å². The van der Waals surface area contributed by atoms with Gasteiger partial charge in [0.05, 0.1) is 14.2 Å². The number of nitrogens with zero attached hydrogens (tertiary/aromatic N) is 1. The van der Waals surface area contributed by atoms with Gasteiger partial charge in [0.25, 0.3) is 5.91 Å². The quantitative estimate of drug-likeness (QED) is 0.732. The molecule has 4 rings (SSSR count). The topological polar surface area (TPSA) is 97.0 Å². The molecule has 1 aliphatic carbocycles. The van der Waals surface area contributed by atoms with Crippen molar-refractivity contribution < 1.29 is 23.9 Å². The highest BCUT2D eigenvalue weighted by molar-refractivity contribution is 7.10. The van der Waals surface area contributed by atoms with Gasteiger partial charge in [-0.1, -0.05) is 0 Å². The van der Waals surface area contributed by atoms with Crippen molar-refractivity contribution in [1.29, 1.82) is 0 Å². The predicted octanol–water partition coefficient (Wildman–Crippen LogP) is 2.49. The Hall–Kier alpha value is -3.07. The van der Waals surface area contributed by atoms with Crippen LogP contribution in [0.15, 0.2) is 29.6 Å². The summed E-state index contributed by atoms with van der Waals surface area (Å²) in [6.45, 7) is -0.361. The number of urea groups is 1. The maximum atomic E-state index is 13.2. The number of ether oxygens (including phenoxy) is 2. The Morgan fingerprint density at radius 1 is 1.24 bits per heavy atom. The largest absolute Gasteiger partial charge is 0.493 e. The third kappa shape index (κ3) is 3.21. The van der Waals surface area contributed by atoms with E-state index in [-0.39, 0.29) is 12.5 Å². The first kappa shape index (κ1) is 19.3. The number of carbonyl (C=O) groups excluding carboxylic acids is 3. The van der Waals surface area contributed by atoms with Crippen molar-refractivity contribution in [1.82, 2.24) is 10.2 Å². The number of nitrogens with one attached hydrogen (secondary N) is 2. The molecule has 1 aliphatic heterocycles. The summed E-state index contributed by atoms with van der Waals surface area (Å²) < 4.78 is 10.4. The highest BCUT2D eigenvalue weighted by atomic mass is 32.1. The van der Waals surface area contributed by atoms with E-state index in [2.05, 4.69) is 10.6 Å². The Morgan fingerprint density at radius 2 is 2.03 bits per heavy atom. The fourth-order valence-corrected chi connectivity index (χ4v) is 4.94. The Bertz CT molecular complexity index is 988. The molecule has 0 saturated carbocycles. The van der Waals surface area contributed by atoms with Crippen LogP contribution in [0.5, 0.6) is 11.5 Å². The number of rotatable bonds is 5. The van der Waals surface area contributed by atoms with Crippen molar-refractivity contribution in [2.45, 2.75) is 24.8 Å². The lowest BCUT2D eigenvalue weighted by atomic mass is 9.80. The van der Waals surface area contributed by atoms with Crippen LogP contribution < -0.4 is 20.1 Å². The third-order valence-electron chi connectivity index (χ3n) is 5.31. The molecule has 0 radical (unpaired) electrons. The number of imide groups is 1. The average Bonchev–Trinajstić information content (AvgIpc) is 3.28. The third-order valence-corrected chi connectivity index (χ3v) is 6.29. The van der Waals surface area contributed by atoms with Gasteiger partial charge in [-0.2, -0.15) is 0 Å². The lowest BCUT2D eigenvalue weighted by Crippen LogP contribution is -2.46. The van der Waals surface area contributed by atoms with E-state index in [0.29, 0.717) is 23.6 Å². The molecule has 4 amide bonds. The fourth-order valence-electron chi connectivity index (χ4n) is 3.94. The molecule has 0 unspecified atom stereocenters. The molecule has 1 fully saturated rings. The smallest absolute Gasteiger partial charge is 0.325 e.